The zero-order chi connectivity index (χ0) is 18.6. The Morgan fingerprint density at radius 2 is 2.04 bits per heavy atom. The van der Waals surface area contributed by atoms with Gasteiger partial charge in [-0.2, -0.15) is 5.21 Å². The largest absolute Gasteiger partial charge is 0.352 e. The Kier molecular flexibility index (Phi) is 4.84. The predicted molar refractivity (Wildman–Crippen MR) is 102 cm³/mol. The van der Waals surface area contributed by atoms with Crippen LogP contribution in [0.2, 0.25) is 0 Å². The number of tetrazole rings is 1. The minimum Gasteiger partial charge on any atom is -0.352 e. The molecule has 3 heterocycles. The van der Waals surface area contributed by atoms with Crippen LogP contribution >= 0.6 is 11.3 Å². The summed E-state index contributed by atoms with van der Waals surface area (Å²) in [6, 6.07) is 9.49. The number of aromatic nitrogens is 6. The van der Waals surface area contributed by atoms with Crippen molar-refractivity contribution in [1.82, 2.24) is 35.9 Å². The summed E-state index contributed by atoms with van der Waals surface area (Å²) in [5.41, 5.74) is 3.44. The lowest BCUT2D eigenvalue weighted by atomic mass is 10.1. The number of thiophene rings is 1. The number of amides is 1. The SMILES string of the molecule is Cc1nc(-c2ccc(C(=O)NCCCc3nn[nH]n3)cc2)c2sccc2n1. The Morgan fingerprint density at radius 1 is 1.19 bits per heavy atom. The van der Waals surface area contributed by atoms with Crippen molar-refractivity contribution < 1.29 is 4.79 Å². The summed E-state index contributed by atoms with van der Waals surface area (Å²) >= 11 is 1.62. The van der Waals surface area contributed by atoms with Gasteiger partial charge in [0.2, 0.25) is 0 Å². The van der Waals surface area contributed by atoms with Crippen LogP contribution in [0.5, 0.6) is 0 Å². The first-order valence-electron chi connectivity index (χ1n) is 8.53. The van der Waals surface area contributed by atoms with Gasteiger partial charge >= 0.3 is 0 Å². The molecule has 4 rings (SSSR count). The zero-order valence-electron chi connectivity index (χ0n) is 14.6. The summed E-state index contributed by atoms with van der Waals surface area (Å²) in [4.78, 5) is 21.3. The maximum Gasteiger partial charge on any atom is 0.251 e. The maximum absolute atomic E-state index is 12.3. The van der Waals surface area contributed by atoms with Crippen molar-refractivity contribution in [3.05, 3.63) is 52.9 Å². The first-order valence-corrected chi connectivity index (χ1v) is 9.41. The molecule has 0 saturated carbocycles. The van der Waals surface area contributed by atoms with Crippen LogP contribution in [0.3, 0.4) is 0 Å². The van der Waals surface area contributed by atoms with Crippen LogP contribution in [0.1, 0.15) is 28.4 Å². The van der Waals surface area contributed by atoms with Crippen molar-refractivity contribution in [1.29, 1.82) is 0 Å². The fraction of sp³-hybridized carbons (Fsp3) is 0.222. The van der Waals surface area contributed by atoms with Crippen molar-refractivity contribution in [3.8, 4) is 11.3 Å². The summed E-state index contributed by atoms with van der Waals surface area (Å²) in [6.45, 7) is 2.44. The molecule has 0 spiro atoms. The van der Waals surface area contributed by atoms with Gasteiger partial charge in [-0.3, -0.25) is 4.79 Å². The molecule has 3 aromatic heterocycles. The molecule has 0 aliphatic heterocycles. The second-order valence-corrected chi connectivity index (χ2v) is 6.94. The molecule has 2 N–H and O–H groups in total. The Balaban J connectivity index is 1.42. The number of nitrogens with zero attached hydrogens (tertiary/aromatic N) is 5. The smallest absolute Gasteiger partial charge is 0.251 e. The van der Waals surface area contributed by atoms with Gasteiger partial charge in [0.05, 0.1) is 15.9 Å². The molecule has 0 fully saturated rings. The van der Waals surface area contributed by atoms with Crippen LogP contribution in [-0.2, 0) is 6.42 Å². The van der Waals surface area contributed by atoms with E-state index in [-0.39, 0.29) is 5.91 Å². The first-order chi connectivity index (χ1) is 13.2. The summed E-state index contributed by atoms with van der Waals surface area (Å²) < 4.78 is 1.05. The molecule has 9 heteroatoms. The molecule has 4 aromatic rings. The number of hydrogen-bond donors (Lipinski definition) is 2. The number of aromatic amines is 1. The summed E-state index contributed by atoms with van der Waals surface area (Å²) in [6.07, 6.45) is 1.42. The highest BCUT2D eigenvalue weighted by Crippen LogP contribution is 2.30. The van der Waals surface area contributed by atoms with Crippen molar-refractivity contribution in [2.24, 2.45) is 0 Å². The fourth-order valence-electron chi connectivity index (χ4n) is 2.79. The van der Waals surface area contributed by atoms with Crippen LogP contribution < -0.4 is 5.32 Å². The highest BCUT2D eigenvalue weighted by Gasteiger charge is 2.11. The van der Waals surface area contributed by atoms with Crippen LogP contribution in [0, 0.1) is 6.92 Å². The predicted octanol–water partition coefficient (Wildman–Crippen LogP) is 2.54. The Morgan fingerprint density at radius 3 is 2.81 bits per heavy atom. The molecule has 0 radical (unpaired) electrons. The molecular weight excluding hydrogens is 362 g/mol. The standard InChI is InChI=1S/C18H17N7OS/c1-11-20-14-8-10-27-17(14)16(21-11)12-4-6-13(7-5-12)18(26)19-9-2-3-15-22-24-25-23-15/h4-8,10H,2-3,9H2,1H3,(H,19,26)(H,22,23,24,25). The summed E-state index contributed by atoms with van der Waals surface area (Å²) in [5, 5.41) is 18.6. The monoisotopic (exact) mass is 379 g/mol. The van der Waals surface area contributed by atoms with Gasteiger partial charge in [-0.05, 0) is 36.9 Å². The third-order valence-corrected chi connectivity index (χ3v) is 5.00. The van der Waals surface area contributed by atoms with Gasteiger partial charge in [-0.25, -0.2) is 9.97 Å². The minimum atomic E-state index is -0.102. The molecule has 0 bridgehead atoms. The average molecular weight is 379 g/mol. The van der Waals surface area contributed by atoms with Crippen LogP contribution in [0.25, 0.3) is 21.5 Å². The molecule has 0 aliphatic carbocycles. The van der Waals surface area contributed by atoms with E-state index in [1.54, 1.807) is 11.3 Å². The Labute approximate surface area is 159 Å². The average Bonchev–Trinajstić information content (AvgIpc) is 3.36. The van der Waals surface area contributed by atoms with Crippen molar-refractivity contribution >= 4 is 27.5 Å². The molecule has 0 atom stereocenters. The molecule has 0 aliphatic rings. The molecule has 1 aromatic carbocycles. The van der Waals surface area contributed by atoms with Gasteiger partial charge in [-0.1, -0.05) is 17.3 Å². The van der Waals surface area contributed by atoms with Gasteiger partial charge in [0, 0.05) is 24.1 Å². The van der Waals surface area contributed by atoms with Gasteiger partial charge in [0.1, 0.15) is 5.82 Å². The van der Waals surface area contributed by atoms with Crippen LogP contribution in [-0.4, -0.2) is 43.0 Å². The lowest BCUT2D eigenvalue weighted by Gasteiger charge is -2.07. The molecule has 27 heavy (non-hydrogen) atoms. The first kappa shape index (κ1) is 17.2. The zero-order valence-corrected chi connectivity index (χ0v) is 15.5. The van der Waals surface area contributed by atoms with Crippen LogP contribution in [0.15, 0.2) is 35.7 Å². The second-order valence-electron chi connectivity index (χ2n) is 6.02. The van der Waals surface area contributed by atoms with E-state index in [2.05, 4.69) is 35.9 Å². The lowest BCUT2D eigenvalue weighted by molar-refractivity contribution is 0.0953. The maximum atomic E-state index is 12.3. The molecule has 8 nitrogen and oxygen atoms in total. The van der Waals surface area contributed by atoms with E-state index in [1.807, 2.05) is 42.6 Å². The third kappa shape index (κ3) is 3.82. The van der Waals surface area contributed by atoms with E-state index < -0.39 is 0 Å². The number of nitrogens with one attached hydrogen (secondary N) is 2. The van der Waals surface area contributed by atoms with Crippen molar-refractivity contribution in [2.75, 3.05) is 6.54 Å². The van der Waals surface area contributed by atoms with E-state index in [0.717, 1.165) is 33.7 Å². The van der Waals surface area contributed by atoms with E-state index >= 15 is 0 Å². The molecule has 136 valence electrons. The van der Waals surface area contributed by atoms with Gasteiger partial charge in [0.25, 0.3) is 5.91 Å². The Hall–Kier alpha value is -3.20. The second kappa shape index (κ2) is 7.58. The quantitative estimate of drug-likeness (QED) is 0.498. The number of carbonyl (C=O) groups excluding carboxylic acids is 1. The number of aryl methyl sites for hydroxylation is 2. The molecule has 0 unspecified atom stereocenters. The van der Waals surface area contributed by atoms with Gasteiger partial charge in [0.15, 0.2) is 5.82 Å². The van der Waals surface area contributed by atoms with E-state index in [4.69, 9.17) is 0 Å². The summed E-state index contributed by atoms with van der Waals surface area (Å²) in [5.74, 6) is 1.28. The lowest BCUT2D eigenvalue weighted by Crippen LogP contribution is -2.24. The van der Waals surface area contributed by atoms with E-state index in [1.165, 1.54) is 0 Å². The van der Waals surface area contributed by atoms with Crippen LogP contribution in [0.4, 0.5) is 0 Å². The molecule has 0 saturated heterocycles. The summed E-state index contributed by atoms with van der Waals surface area (Å²) in [7, 11) is 0. The molecule has 1 amide bonds. The number of carbonyl (C=O) groups is 1. The molecular formula is C18H17N7OS. The highest BCUT2D eigenvalue weighted by molar-refractivity contribution is 7.17. The number of H-pyrrole nitrogens is 1. The fourth-order valence-corrected chi connectivity index (χ4v) is 3.64. The Bertz CT molecular complexity index is 1060. The normalized spacial score (nSPS) is 11.0. The number of rotatable bonds is 6. The van der Waals surface area contributed by atoms with E-state index in [9.17, 15) is 4.79 Å². The third-order valence-electron chi connectivity index (χ3n) is 4.09. The minimum absolute atomic E-state index is 0.102. The topological polar surface area (TPSA) is 109 Å². The van der Waals surface area contributed by atoms with Gasteiger partial charge in [-0.15, -0.1) is 21.5 Å². The van der Waals surface area contributed by atoms with Gasteiger partial charge < -0.3 is 5.32 Å². The number of fused-ring (bicyclic) bond motifs is 1. The van der Waals surface area contributed by atoms with E-state index in [0.29, 0.717) is 24.4 Å². The van der Waals surface area contributed by atoms with Crippen molar-refractivity contribution in [2.45, 2.75) is 19.8 Å². The number of benzene rings is 1. The highest BCUT2D eigenvalue weighted by atomic mass is 32.1. The van der Waals surface area contributed by atoms with Crippen molar-refractivity contribution in [3.63, 3.8) is 0 Å². The number of hydrogen-bond acceptors (Lipinski definition) is 7.